The maximum atomic E-state index is 12.0. The second-order valence-electron chi connectivity index (χ2n) is 5.93. The molecule has 0 spiro atoms. The molecule has 1 heterocycles. The van der Waals surface area contributed by atoms with Crippen molar-refractivity contribution in [2.24, 2.45) is 17.1 Å². The summed E-state index contributed by atoms with van der Waals surface area (Å²) in [6, 6.07) is 0. The van der Waals surface area contributed by atoms with E-state index in [0.717, 1.165) is 25.9 Å². The third-order valence-electron chi connectivity index (χ3n) is 3.81. The van der Waals surface area contributed by atoms with Crippen LogP contribution in [0.2, 0.25) is 0 Å². The van der Waals surface area contributed by atoms with Gasteiger partial charge in [0.25, 0.3) is 5.91 Å². The Kier molecular flexibility index (Phi) is 4.95. The van der Waals surface area contributed by atoms with E-state index < -0.39 is 6.10 Å². The molecule has 0 aromatic rings. The van der Waals surface area contributed by atoms with Gasteiger partial charge in [0.15, 0.2) is 0 Å². The highest BCUT2D eigenvalue weighted by molar-refractivity contribution is 5.81. The lowest BCUT2D eigenvalue weighted by atomic mass is 9.75. The van der Waals surface area contributed by atoms with Gasteiger partial charge in [0.05, 0.1) is 0 Å². The van der Waals surface area contributed by atoms with Crippen molar-refractivity contribution < 1.29 is 9.53 Å². The van der Waals surface area contributed by atoms with Crippen LogP contribution in [0.5, 0.6) is 0 Å². The average molecular weight is 242 g/mol. The number of carbonyl (C=O) groups excluding carboxylic acids is 1. The topological polar surface area (TPSA) is 55.6 Å². The number of piperidine rings is 1. The van der Waals surface area contributed by atoms with Gasteiger partial charge in [0.1, 0.15) is 6.10 Å². The van der Waals surface area contributed by atoms with Crippen molar-refractivity contribution in [3.8, 4) is 0 Å². The lowest BCUT2D eigenvalue weighted by molar-refractivity contribution is -0.143. The maximum absolute atomic E-state index is 12.0. The van der Waals surface area contributed by atoms with Gasteiger partial charge >= 0.3 is 0 Å². The number of likely N-dealkylation sites (tertiary alicyclic amines) is 1. The van der Waals surface area contributed by atoms with Crippen molar-refractivity contribution in [1.29, 1.82) is 0 Å². The fraction of sp³-hybridized carbons (Fsp3) is 0.923. The Morgan fingerprint density at radius 1 is 1.41 bits per heavy atom. The van der Waals surface area contributed by atoms with Crippen LogP contribution in [0.4, 0.5) is 0 Å². The molecule has 0 radical (unpaired) electrons. The van der Waals surface area contributed by atoms with E-state index in [1.807, 2.05) is 4.90 Å². The first-order chi connectivity index (χ1) is 7.90. The van der Waals surface area contributed by atoms with Gasteiger partial charge in [-0.15, -0.1) is 0 Å². The molecule has 0 aromatic heterocycles. The predicted octanol–water partition coefficient (Wildman–Crippen LogP) is 1.24. The largest absolute Gasteiger partial charge is 0.370 e. The third-order valence-corrected chi connectivity index (χ3v) is 3.81. The number of ether oxygens (including phenoxy) is 1. The molecule has 4 nitrogen and oxygen atoms in total. The minimum absolute atomic E-state index is 0.0439. The molecule has 1 fully saturated rings. The van der Waals surface area contributed by atoms with E-state index >= 15 is 0 Å². The van der Waals surface area contributed by atoms with Crippen LogP contribution in [0.1, 0.15) is 33.6 Å². The Bertz CT molecular complexity index is 249. The van der Waals surface area contributed by atoms with E-state index in [4.69, 9.17) is 10.5 Å². The smallest absolute Gasteiger partial charge is 0.253 e. The molecule has 4 heteroatoms. The summed E-state index contributed by atoms with van der Waals surface area (Å²) < 4.78 is 5.09. The zero-order valence-electron chi connectivity index (χ0n) is 11.5. The van der Waals surface area contributed by atoms with Gasteiger partial charge < -0.3 is 15.4 Å². The lowest BCUT2D eigenvalue weighted by Crippen LogP contribution is -2.48. The first-order valence-electron chi connectivity index (χ1n) is 6.41. The molecular formula is C13H26N2O2. The molecule has 1 aliphatic rings. The highest BCUT2D eigenvalue weighted by Crippen LogP contribution is 2.34. The summed E-state index contributed by atoms with van der Waals surface area (Å²) in [6.45, 7) is 8.74. The van der Waals surface area contributed by atoms with Crippen LogP contribution in [0.15, 0.2) is 0 Å². The fourth-order valence-corrected chi connectivity index (χ4v) is 2.47. The van der Waals surface area contributed by atoms with Crippen LogP contribution in [-0.2, 0) is 9.53 Å². The van der Waals surface area contributed by atoms with Crippen LogP contribution < -0.4 is 5.73 Å². The van der Waals surface area contributed by atoms with E-state index in [1.54, 1.807) is 0 Å². The van der Waals surface area contributed by atoms with Gasteiger partial charge in [0.2, 0.25) is 0 Å². The number of hydrogen-bond donors (Lipinski definition) is 1. The van der Waals surface area contributed by atoms with Gasteiger partial charge in [-0.1, -0.05) is 20.8 Å². The normalized spacial score (nSPS) is 20.4. The molecule has 0 aromatic carbocycles. The fourth-order valence-electron chi connectivity index (χ4n) is 2.47. The molecule has 0 aliphatic carbocycles. The first kappa shape index (κ1) is 14.5. The molecule has 1 atom stereocenters. The van der Waals surface area contributed by atoms with Gasteiger partial charge in [-0.2, -0.15) is 0 Å². The number of nitrogens with two attached hydrogens (primary N) is 1. The molecule has 2 N–H and O–H groups in total. The Morgan fingerprint density at radius 3 is 2.29 bits per heavy atom. The first-order valence-corrected chi connectivity index (χ1v) is 6.41. The van der Waals surface area contributed by atoms with E-state index in [9.17, 15) is 4.79 Å². The van der Waals surface area contributed by atoms with Crippen molar-refractivity contribution in [3.05, 3.63) is 0 Å². The van der Waals surface area contributed by atoms with Gasteiger partial charge in [-0.25, -0.2) is 0 Å². The summed E-state index contributed by atoms with van der Waals surface area (Å²) in [5, 5.41) is 0. The molecule has 17 heavy (non-hydrogen) atoms. The summed E-state index contributed by atoms with van der Waals surface area (Å²) >= 11 is 0. The minimum Gasteiger partial charge on any atom is -0.370 e. The Labute approximate surface area is 104 Å². The predicted molar refractivity (Wildman–Crippen MR) is 68.6 cm³/mol. The van der Waals surface area contributed by atoms with Crippen molar-refractivity contribution in [2.45, 2.75) is 39.7 Å². The third kappa shape index (κ3) is 3.68. The summed E-state index contributed by atoms with van der Waals surface area (Å²) in [5.74, 6) is 0.743. The van der Waals surface area contributed by atoms with E-state index in [0.29, 0.717) is 11.3 Å². The summed E-state index contributed by atoms with van der Waals surface area (Å²) in [6.07, 6.45) is 1.69. The maximum Gasteiger partial charge on any atom is 0.253 e. The van der Waals surface area contributed by atoms with Crippen LogP contribution >= 0.6 is 0 Å². The summed E-state index contributed by atoms with van der Waals surface area (Å²) in [5.41, 5.74) is 5.85. The molecule has 1 aliphatic heterocycles. The quantitative estimate of drug-likeness (QED) is 0.810. The number of nitrogens with zero attached hydrogens (tertiary/aromatic N) is 1. The molecule has 100 valence electrons. The highest BCUT2D eigenvalue weighted by Gasteiger charge is 2.32. The second kappa shape index (κ2) is 5.83. The number of methoxy groups -OCH3 is 1. The zero-order valence-corrected chi connectivity index (χ0v) is 11.5. The molecule has 0 saturated carbocycles. The van der Waals surface area contributed by atoms with E-state index in [1.165, 1.54) is 7.11 Å². The Morgan fingerprint density at radius 2 is 1.94 bits per heavy atom. The summed E-state index contributed by atoms with van der Waals surface area (Å²) in [4.78, 5) is 13.9. The Balaban J connectivity index is 2.49. The SMILES string of the molecule is COC(CN)C(=O)N1CCC(C(C)(C)C)CC1. The van der Waals surface area contributed by atoms with Gasteiger partial charge in [-0.3, -0.25) is 4.79 Å². The number of hydrogen-bond acceptors (Lipinski definition) is 3. The van der Waals surface area contributed by atoms with Crippen molar-refractivity contribution in [2.75, 3.05) is 26.7 Å². The van der Waals surface area contributed by atoms with Crippen molar-refractivity contribution in [3.63, 3.8) is 0 Å². The van der Waals surface area contributed by atoms with Crippen molar-refractivity contribution >= 4 is 5.91 Å². The summed E-state index contributed by atoms with van der Waals surface area (Å²) in [7, 11) is 1.54. The van der Waals surface area contributed by atoms with Crippen LogP contribution in [0.3, 0.4) is 0 Å². The van der Waals surface area contributed by atoms with Gasteiger partial charge in [-0.05, 0) is 24.2 Å². The number of rotatable bonds is 3. The highest BCUT2D eigenvalue weighted by atomic mass is 16.5. The molecule has 0 bridgehead atoms. The monoisotopic (exact) mass is 242 g/mol. The zero-order chi connectivity index (χ0) is 13.1. The molecular weight excluding hydrogens is 216 g/mol. The standard InChI is InChI=1S/C13H26N2O2/c1-13(2,3)10-5-7-15(8-6-10)12(16)11(9-14)17-4/h10-11H,5-9,14H2,1-4H3. The molecule has 1 rings (SSSR count). The average Bonchev–Trinajstić information content (AvgIpc) is 2.29. The van der Waals surface area contributed by atoms with Crippen molar-refractivity contribution in [1.82, 2.24) is 4.90 Å². The number of carbonyl (C=O) groups is 1. The van der Waals surface area contributed by atoms with Crippen LogP contribution in [0, 0.1) is 11.3 Å². The minimum atomic E-state index is -0.471. The second-order valence-corrected chi connectivity index (χ2v) is 5.93. The van der Waals surface area contributed by atoms with Gasteiger partial charge in [0, 0.05) is 26.7 Å². The molecule has 1 unspecified atom stereocenters. The molecule has 1 saturated heterocycles. The van der Waals surface area contributed by atoms with E-state index in [-0.39, 0.29) is 12.5 Å². The number of amides is 1. The van der Waals surface area contributed by atoms with Crippen LogP contribution in [-0.4, -0.2) is 43.7 Å². The Hall–Kier alpha value is -0.610. The lowest BCUT2D eigenvalue weighted by Gasteiger charge is -2.39. The molecule has 1 amide bonds. The van der Waals surface area contributed by atoms with Crippen LogP contribution in [0.25, 0.3) is 0 Å². The van der Waals surface area contributed by atoms with E-state index in [2.05, 4.69) is 20.8 Å².